The van der Waals surface area contributed by atoms with Gasteiger partial charge in [-0.1, -0.05) is 58.4 Å². The summed E-state index contributed by atoms with van der Waals surface area (Å²) in [5, 5.41) is 2.18. The lowest BCUT2D eigenvalue weighted by Gasteiger charge is -2.26. The number of hydrogen-bond acceptors (Lipinski definition) is 3. The highest BCUT2D eigenvalue weighted by atomic mass is 79.9. The molecule has 0 radical (unpaired) electrons. The van der Waals surface area contributed by atoms with Gasteiger partial charge in [-0.25, -0.2) is 9.69 Å². The van der Waals surface area contributed by atoms with Crippen LogP contribution in [0.3, 0.4) is 0 Å². The minimum atomic E-state index is -0.762. The molecule has 124 valence electrons. The van der Waals surface area contributed by atoms with Gasteiger partial charge < -0.3 is 0 Å². The van der Waals surface area contributed by atoms with Crippen molar-refractivity contribution in [2.75, 3.05) is 4.90 Å². The molecule has 1 aliphatic rings. The highest BCUT2D eigenvalue weighted by molar-refractivity contribution is 9.10. The first-order valence-electron chi connectivity index (χ1n) is 7.45. The molecule has 0 aromatic heterocycles. The lowest BCUT2D eigenvalue weighted by molar-refractivity contribution is -0.122. The summed E-state index contributed by atoms with van der Waals surface area (Å²) in [5.41, 5.74) is 1.22. The number of carbonyl (C=O) groups excluding carboxylic acids is 3. The van der Waals surface area contributed by atoms with E-state index >= 15 is 0 Å². The summed E-state index contributed by atoms with van der Waals surface area (Å²) in [4.78, 5) is 37.6. The summed E-state index contributed by atoms with van der Waals surface area (Å²) in [6, 6.07) is 15.4. The molecule has 0 saturated carbocycles. The number of hydrogen-bond donors (Lipinski definition) is 1. The number of nitrogens with zero attached hydrogens (tertiary/aromatic N) is 1. The number of carbonyl (C=O) groups is 3. The Balaban J connectivity index is 1.88. The van der Waals surface area contributed by atoms with Gasteiger partial charge in [0.05, 0.1) is 5.69 Å². The van der Waals surface area contributed by atoms with Crippen molar-refractivity contribution in [2.45, 2.75) is 0 Å². The lowest BCUT2D eigenvalue weighted by atomic mass is 10.1. The Morgan fingerprint density at radius 1 is 0.920 bits per heavy atom. The quantitative estimate of drug-likeness (QED) is 0.635. The largest absolute Gasteiger partial charge is 0.335 e. The number of benzene rings is 2. The minimum Gasteiger partial charge on any atom is -0.273 e. The molecular weight excluding hydrogens is 384 g/mol. The van der Waals surface area contributed by atoms with Crippen LogP contribution in [-0.4, -0.2) is 17.8 Å². The topological polar surface area (TPSA) is 66.5 Å². The van der Waals surface area contributed by atoms with Crippen LogP contribution in [0.2, 0.25) is 0 Å². The number of rotatable bonds is 3. The molecule has 2 aromatic carbocycles. The predicted octanol–water partition coefficient (Wildman–Crippen LogP) is 3.67. The summed E-state index contributed by atoms with van der Waals surface area (Å²) in [6.07, 6.45) is 4.79. The first kappa shape index (κ1) is 16.9. The Labute approximate surface area is 152 Å². The van der Waals surface area contributed by atoms with Crippen LogP contribution in [0.1, 0.15) is 5.56 Å². The molecule has 0 spiro atoms. The van der Waals surface area contributed by atoms with Crippen molar-refractivity contribution in [3.63, 3.8) is 0 Å². The zero-order chi connectivity index (χ0) is 17.8. The fraction of sp³-hybridized carbons (Fsp3) is 0. The maximum absolute atomic E-state index is 12.6. The SMILES string of the molecule is O=C1NC(=O)N(c2ccc(Br)cc2)C(=O)C1=CC=Cc1ccccc1. The van der Waals surface area contributed by atoms with E-state index in [1.165, 1.54) is 6.08 Å². The molecule has 5 nitrogen and oxygen atoms in total. The molecule has 2 aromatic rings. The summed E-state index contributed by atoms with van der Waals surface area (Å²) >= 11 is 3.30. The Hall–Kier alpha value is -2.99. The summed E-state index contributed by atoms with van der Waals surface area (Å²) < 4.78 is 0.818. The van der Waals surface area contributed by atoms with Crippen molar-refractivity contribution in [1.82, 2.24) is 5.32 Å². The normalized spacial score (nSPS) is 16.6. The lowest BCUT2D eigenvalue weighted by Crippen LogP contribution is -2.54. The zero-order valence-electron chi connectivity index (χ0n) is 13.0. The highest BCUT2D eigenvalue weighted by Gasteiger charge is 2.36. The van der Waals surface area contributed by atoms with Crippen LogP contribution in [0.4, 0.5) is 10.5 Å². The number of allylic oxidation sites excluding steroid dienone is 2. The van der Waals surface area contributed by atoms with Gasteiger partial charge >= 0.3 is 6.03 Å². The van der Waals surface area contributed by atoms with Gasteiger partial charge in [0.15, 0.2) is 0 Å². The van der Waals surface area contributed by atoms with Crippen molar-refractivity contribution in [1.29, 1.82) is 0 Å². The Kier molecular flexibility index (Phi) is 4.90. The standard InChI is InChI=1S/C19H13BrN2O3/c20-14-9-11-15(12-10-14)22-18(24)16(17(23)21-19(22)25)8-4-7-13-5-2-1-3-6-13/h1-12H,(H,21,23,25). The Morgan fingerprint density at radius 2 is 1.60 bits per heavy atom. The van der Waals surface area contributed by atoms with E-state index in [4.69, 9.17) is 0 Å². The molecule has 6 heteroatoms. The summed E-state index contributed by atoms with van der Waals surface area (Å²) in [7, 11) is 0. The zero-order valence-corrected chi connectivity index (χ0v) is 14.6. The van der Waals surface area contributed by atoms with E-state index in [0.717, 1.165) is 14.9 Å². The van der Waals surface area contributed by atoms with Gasteiger partial charge in [-0.3, -0.25) is 14.9 Å². The van der Waals surface area contributed by atoms with Gasteiger partial charge in [0.25, 0.3) is 11.8 Å². The molecule has 1 N–H and O–H groups in total. The molecule has 1 aliphatic heterocycles. The second kappa shape index (κ2) is 7.27. The summed E-state index contributed by atoms with van der Waals surface area (Å²) in [6.45, 7) is 0. The van der Waals surface area contributed by atoms with E-state index in [0.29, 0.717) is 5.69 Å². The van der Waals surface area contributed by atoms with E-state index in [9.17, 15) is 14.4 Å². The monoisotopic (exact) mass is 396 g/mol. The third-order valence-electron chi connectivity index (χ3n) is 3.54. The van der Waals surface area contributed by atoms with Gasteiger partial charge in [0, 0.05) is 4.47 Å². The molecule has 1 saturated heterocycles. The molecule has 1 heterocycles. The number of barbiturate groups is 1. The molecule has 0 bridgehead atoms. The van der Waals surface area contributed by atoms with Crippen LogP contribution in [0.25, 0.3) is 6.08 Å². The van der Waals surface area contributed by atoms with E-state index in [1.807, 2.05) is 30.3 Å². The number of urea groups is 1. The van der Waals surface area contributed by atoms with Crippen molar-refractivity contribution in [3.05, 3.63) is 82.4 Å². The third kappa shape index (κ3) is 3.75. The second-order valence-corrected chi connectivity index (χ2v) is 6.14. The first-order chi connectivity index (χ1) is 12.1. The van der Waals surface area contributed by atoms with Crippen molar-refractivity contribution in [3.8, 4) is 0 Å². The maximum Gasteiger partial charge on any atom is 0.335 e. The second-order valence-electron chi connectivity index (χ2n) is 5.23. The van der Waals surface area contributed by atoms with Gasteiger partial charge in [-0.05, 0) is 35.9 Å². The van der Waals surface area contributed by atoms with Crippen LogP contribution >= 0.6 is 15.9 Å². The highest BCUT2D eigenvalue weighted by Crippen LogP contribution is 2.22. The molecule has 0 atom stereocenters. The van der Waals surface area contributed by atoms with E-state index in [-0.39, 0.29) is 5.57 Å². The maximum atomic E-state index is 12.6. The Morgan fingerprint density at radius 3 is 2.28 bits per heavy atom. The van der Waals surface area contributed by atoms with Crippen molar-refractivity contribution >= 4 is 45.5 Å². The number of anilines is 1. The number of amides is 4. The van der Waals surface area contributed by atoms with Crippen LogP contribution in [0.15, 0.2) is 76.8 Å². The van der Waals surface area contributed by atoms with Gasteiger partial charge in [-0.2, -0.15) is 0 Å². The average molecular weight is 397 g/mol. The Bertz CT molecular complexity index is 887. The number of imide groups is 2. The van der Waals surface area contributed by atoms with Gasteiger partial charge in [0.1, 0.15) is 5.57 Å². The number of nitrogens with one attached hydrogen (secondary N) is 1. The smallest absolute Gasteiger partial charge is 0.273 e. The minimum absolute atomic E-state index is 0.102. The van der Waals surface area contributed by atoms with E-state index in [1.54, 1.807) is 36.4 Å². The van der Waals surface area contributed by atoms with Gasteiger partial charge in [0.2, 0.25) is 0 Å². The molecule has 4 amide bonds. The molecule has 0 unspecified atom stereocenters. The number of halogens is 1. The molecular formula is C19H13BrN2O3. The molecule has 1 fully saturated rings. The van der Waals surface area contributed by atoms with Gasteiger partial charge in [-0.15, -0.1) is 0 Å². The summed E-state index contributed by atoms with van der Waals surface area (Å²) in [5.74, 6) is -1.37. The van der Waals surface area contributed by atoms with E-state index < -0.39 is 17.8 Å². The van der Waals surface area contributed by atoms with Crippen molar-refractivity contribution < 1.29 is 14.4 Å². The molecule has 25 heavy (non-hydrogen) atoms. The predicted molar refractivity (Wildman–Crippen MR) is 98.7 cm³/mol. The van der Waals surface area contributed by atoms with E-state index in [2.05, 4.69) is 21.2 Å². The average Bonchev–Trinajstić information content (AvgIpc) is 2.60. The van der Waals surface area contributed by atoms with Crippen LogP contribution < -0.4 is 10.2 Å². The van der Waals surface area contributed by atoms with Crippen molar-refractivity contribution in [2.24, 2.45) is 0 Å². The van der Waals surface area contributed by atoms with Crippen LogP contribution in [0, 0.1) is 0 Å². The fourth-order valence-corrected chi connectivity index (χ4v) is 2.59. The molecule has 3 rings (SSSR count). The first-order valence-corrected chi connectivity index (χ1v) is 8.24. The molecule has 0 aliphatic carbocycles. The fourth-order valence-electron chi connectivity index (χ4n) is 2.32. The third-order valence-corrected chi connectivity index (χ3v) is 4.07. The van der Waals surface area contributed by atoms with Crippen LogP contribution in [-0.2, 0) is 9.59 Å². The van der Waals surface area contributed by atoms with Crippen LogP contribution in [0.5, 0.6) is 0 Å².